The molecule has 0 amide bonds. The standard InChI is InChI=1S/C53H39N3O2/c1-56-51(38-23-16-22-37(32-38)35-18-6-2-7-19-35)54-50(36-20-8-3-9-21-36)55-52(56)42-29-17-31-46-49(42)58-48-34-45-43(33-47(48)57-46)41-28-14-15-30-44(41)53(45,39-24-10-4-11-25-39)40-26-12-5-13-27-40/h2-26,28-34,40,52H,27H2,1H3. The van der Waals surface area contributed by atoms with Crippen molar-refractivity contribution < 1.29 is 9.47 Å². The minimum Gasteiger partial charge on any atom is -0.449 e. The number of aliphatic imine (C=N–C) groups is 2. The molecule has 7 aromatic rings. The lowest BCUT2D eigenvalue weighted by atomic mass is 9.62. The van der Waals surface area contributed by atoms with Gasteiger partial charge in [0.05, 0.1) is 5.41 Å². The Morgan fingerprint density at radius 3 is 2.05 bits per heavy atom. The number of nitrogens with zero attached hydrogens (tertiary/aromatic N) is 3. The summed E-state index contributed by atoms with van der Waals surface area (Å²) in [5, 5.41) is 0. The minimum atomic E-state index is -0.454. The molecular formula is C53H39N3O2. The van der Waals surface area contributed by atoms with E-state index in [2.05, 4.69) is 170 Å². The van der Waals surface area contributed by atoms with Crippen molar-refractivity contribution in [3.8, 4) is 45.3 Å². The van der Waals surface area contributed by atoms with Gasteiger partial charge in [-0.05, 0) is 75.5 Å². The van der Waals surface area contributed by atoms with Gasteiger partial charge < -0.3 is 14.4 Å². The average molecular weight is 750 g/mol. The number of hydrogen-bond donors (Lipinski definition) is 0. The molecule has 0 bridgehead atoms. The third kappa shape index (κ3) is 5.38. The van der Waals surface area contributed by atoms with E-state index in [1.807, 2.05) is 36.4 Å². The van der Waals surface area contributed by atoms with Gasteiger partial charge in [-0.3, -0.25) is 0 Å². The summed E-state index contributed by atoms with van der Waals surface area (Å²) in [6.07, 6.45) is 9.48. The summed E-state index contributed by atoms with van der Waals surface area (Å²) in [6.45, 7) is 0. The molecule has 5 heteroatoms. The predicted molar refractivity (Wildman–Crippen MR) is 233 cm³/mol. The largest absolute Gasteiger partial charge is 0.449 e. The molecule has 2 heterocycles. The Labute approximate surface area is 338 Å². The number of para-hydroxylation sites is 1. The van der Waals surface area contributed by atoms with Gasteiger partial charge in [0.1, 0.15) is 5.84 Å². The van der Waals surface area contributed by atoms with Crippen molar-refractivity contribution in [1.29, 1.82) is 0 Å². The van der Waals surface area contributed by atoms with Gasteiger partial charge >= 0.3 is 0 Å². The molecule has 4 aliphatic rings. The normalized spacial score (nSPS) is 19.8. The zero-order valence-electron chi connectivity index (χ0n) is 32.0. The van der Waals surface area contributed by atoms with E-state index in [0.29, 0.717) is 28.8 Å². The predicted octanol–water partition coefficient (Wildman–Crippen LogP) is 12.5. The van der Waals surface area contributed by atoms with Gasteiger partial charge in [0, 0.05) is 23.7 Å². The molecule has 0 saturated heterocycles. The second kappa shape index (κ2) is 13.7. The van der Waals surface area contributed by atoms with E-state index in [1.165, 1.54) is 27.8 Å². The van der Waals surface area contributed by atoms with E-state index >= 15 is 0 Å². The monoisotopic (exact) mass is 749 g/mol. The van der Waals surface area contributed by atoms with E-state index in [0.717, 1.165) is 40.1 Å². The summed E-state index contributed by atoms with van der Waals surface area (Å²) in [7, 11) is 2.06. The fourth-order valence-corrected chi connectivity index (χ4v) is 9.42. The van der Waals surface area contributed by atoms with Crippen LogP contribution in [0.3, 0.4) is 0 Å². The van der Waals surface area contributed by atoms with Crippen LogP contribution >= 0.6 is 0 Å². The van der Waals surface area contributed by atoms with Crippen LogP contribution < -0.4 is 9.47 Å². The lowest BCUT2D eigenvalue weighted by Gasteiger charge is -2.40. The molecule has 0 fully saturated rings. The molecule has 58 heavy (non-hydrogen) atoms. The first-order valence-corrected chi connectivity index (χ1v) is 19.9. The number of allylic oxidation sites excluding steroid dienone is 4. The molecular weight excluding hydrogens is 711 g/mol. The summed E-state index contributed by atoms with van der Waals surface area (Å²) < 4.78 is 14.0. The molecule has 2 aliphatic carbocycles. The molecule has 3 unspecified atom stereocenters. The highest BCUT2D eigenvalue weighted by Gasteiger charge is 2.50. The van der Waals surface area contributed by atoms with Gasteiger partial charge in [-0.15, -0.1) is 0 Å². The highest BCUT2D eigenvalue weighted by molar-refractivity contribution is 6.13. The second-order valence-corrected chi connectivity index (χ2v) is 15.3. The van der Waals surface area contributed by atoms with Crippen LogP contribution in [0, 0.1) is 5.92 Å². The molecule has 0 spiro atoms. The Kier molecular flexibility index (Phi) is 8.07. The molecule has 0 radical (unpaired) electrons. The van der Waals surface area contributed by atoms with Crippen molar-refractivity contribution in [2.24, 2.45) is 15.9 Å². The smallest absolute Gasteiger partial charge is 0.177 e. The topological polar surface area (TPSA) is 46.4 Å². The highest BCUT2D eigenvalue weighted by Crippen LogP contribution is 2.61. The van der Waals surface area contributed by atoms with Gasteiger partial charge in [0.25, 0.3) is 0 Å². The second-order valence-electron chi connectivity index (χ2n) is 15.3. The fraction of sp³-hybridized carbons (Fsp3) is 0.0943. The van der Waals surface area contributed by atoms with Gasteiger partial charge in [0.2, 0.25) is 0 Å². The Morgan fingerprint density at radius 2 is 1.26 bits per heavy atom. The Morgan fingerprint density at radius 1 is 0.569 bits per heavy atom. The van der Waals surface area contributed by atoms with Gasteiger partial charge in [-0.25, -0.2) is 9.98 Å². The maximum atomic E-state index is 7.12. The first kappa shape index (κ1) is 34.0. The highest BCUT2D eigenvalue weighted by atomic mass is 16.6. The zero-order valence-corrected chi connectivity index (χ0v) is 32.0. The summed E-state index contributed by atoms with van der Waals surface area (Å²) >= 11 is 0. The molecule has 7 aromatic carbocycles. The van der Waals surface area contributed by atoms with Crippen LogP contribution in [-0.2, 0) is 5.41 Å². The zero-order chi connectivity index (χ0) is 38.6. The maximum absolute atomic E-state index is 7.12. The number of ether oxygens (including phenoxy) is 2. The van der Waals surface area contributed by atoms with E-state index in [-0.39, 0.29) is 5.92 Å². The van der Waals surface area contributed by atoms with Crippen molar-refractivity contribution in [1.82, 2.24) is 4.90 Å². The SMILES string of the molecule is CN1C(c2cccc(-c3ccccc3)c2)=NC(c2ccccc2)=NC1c1cccc2c1Oc1cc3c(cc1O2)-c1ccccc1C3(c1ccccc1)C1C=CC=CC1. The van der Waals surface area contributed by atoms with Crippen molar-refractivity contribution >= 4 is 11.7 Å². The van der Waals surface area contributed by atoms with Crippen LogP contribution in [0.15, 0.2) is 204 Å². The minimum absolute atomic E-state index is 0.201. The molecule has 278 valence electrons. The number of benzene rings is 7. The van der Waals surface area contributed by atoms with Crippen LogP contribution in [0.4, 0.5) is 0 Å². The van der Waals surface area contributed by atoms with E-state index in [9.17, 15) is 0 Å². The van der Waals surface area contributed by atoms with Crippen molar-refractivity contribution in [2.75, 3.05) is 7.05 Å². The van der Waals surface area contributed by atoms with Crippen LogP contribution in [0.5, 0.6) is 23.0 Å². The van der Waals surface area contributed by atoms with Crippen LogP contribution in [-0.4, -0.2) is 23.6 Å². The molecule has 2 aliphatic heterocycles. The molecule has 3 atom stereocenters. The third-order valence-electron chi connectivity index (χ3n) is 12.1. The number of amidine groups is 2. The first-order valence-electron chi connectivity index (χ1n) is 19.9. The van der Waals surface area contributed by atoms with Crippen molar-refractivity contribution in [3.05, 3.63) is 228 Å². The van der Waals surface area contributed by atoms with E-state index in [1.54, 1.807) is 0 Å². The van der Waals surface area contributed by atoms with Crippen LogP contribution in [0.25, 0.3) is 22.3 Å². The number of fused-ring (bicyclic) bond motifs is 5. The summed E-state index contributed by atoms with van der Waals surface area (Å²) in [5.41, 5.74) is 10.9. The molecule has 5 nitrogen and oxygen atoms in total. The first-order chi connectivity index (χ1) is 28.7. The van der Waals surface area contributed by atoms with Gasteiger partial charge in [-0.1, -0.05) is 170 Å². The lowest BCUT2D eigenvalue weighted by molar-refractivity contribution is 0.331. The lowest BCUT2D eigenvalue weighted by Crippen LogP contribution is -2.36. The van der Waals surface area contributed by atoms with Gasteiger partial charge in [0.15, 0.2) is 35.0 Å². The molecule has 0 saturated carbocycles. The maximum Gasteiger partial charge on any atom is 0.177 e. The number of rotatable bonds is 6. The summed E-state index contributed by atoms with van der Waals surface area (Å²) in [5.74, 6) is 4.39. The van der Waals surface area contributed by atoms with E-state index < -0.39 is 11.6 Å². The third-order valence-corrected chi connectivity index (χ3v) is 12.1. The quantitative estimate of drug-likeness (QED) is 0.170. The Bertz CT molecular complexity index is 2840. The number of hydrogen-bond acceptors (Lipinski definition) is 5. The molecule has 0 N–H and O–H groups in total. The van der Waals surface area contributed by atoms with Crippen LogP contribution in [0.1, 0.15) is 46.0 Å². The Hall–Kier alpha value is -7.24. The Balaban J connectivity index is 1.04. The average Bonchev–Trinajstić information content (AvgIpc) is 3.58. The van der Waals surface area contributed by atoms with Crippen LogP contribution in [0.2, 0.25) is 0 Å². The summed E-state index contributed by atoms with van der Waals surface area (Å²) in [4.78, 5) is 12.7. The summed E-state index contributed by atoms with van der Waals surface area (Å²) in [6, 6.07) is 59.6. The fourth-order valence-electron chi connectivity index (χ4n) is 9.42. The molecule has 11 rings (SSSR count). The van der Waals surface area contributed by atoms with Crippen molar-refractivity contribution in [2.45, 2.75) is 18.0 Å². The van der Waals surface area contributed by atoms with Crippen molar-refractivity contribution in [3.63, 3.8) is 0 Å². The molecule has 0 aromatic heterocycles. The van der Waals surface area contributed by atoms with Gasteiger partial charge in [-0.2, -0.15) is 0 Å². The van der Waals surface area contributed by atoms with E-state index in [4.69, 9.17) is 19.5 Å².